The molecule has 0 aromatic heterocycles. The average molecular weight is 389 g/mol. The van der Waals surface area contributed by atoms with Crippen LogP contribution in [0, 0.1) is 52.3 Å². The molecule has 1 heterocycles. The van der Waals surface area contributed by atoms with Crippen LogP contribution < -0.4 is 0 Å². The lowest BCUT2D eigenvalue weighted by atomic mass is 9.42. The monoisotopic (exact) mass is 388 g/mol. The molecule has 0 unspecified atom stereocenters. The number of aliphatic hydroxyl groups is 3. The molecular weight excluding hydrogens is 352 g/mol. The molecule has 6 aliphatic carbocycles. The van der Waals surface area contributed by atoms with Crippen molar-refractivity contribution in [1.29, 1.82) is 0 Å². The summed E-state index contributed by atoms with van der Waals surface area (Å²) in [5.41, 5.74) is -0.559. The van der Waals surface area contributed by atoms with Gasteiger partial charge in [-0.1, -0.05) is 13.8 Å². The molecule has 0 radical (unpaired) electrons. The minimum atomic E-state index is -0.649. The Hall–Kier alpha value is -0.160. The zero-order valence-corrected chi connectivity index (χ0v) is 17.3. The van der Waals surface area contributed by atoms with Crippen molar-refractivity contribution in [2.24, 2.45) is 52.3 Å². The van der Waals surface area contributed by atoms with Crippen LogP contribution in [0.1, 0.15) is 71.6 Å². The third kappa shape index (κ3) is 1.67. The molecule has 0 amide bonds. The number of hydrogen-bond acceptors (Lipinski definition) is 4. The van der Waals surface area contributed by atoms with Crippen LogP contribution >= 0.6 is 0 Å². The summed E-state index contributed by atoms with van der Waals surface area (Å²) in [6, 6.07) is 0. The number of rotatable bonds is 0. The van der Waals surface area contributed by atoms with E-state index in [4.69, 9.17) is 4.74 Å². The summed E-state index contributed by atoms with van der Waals surface area (Å²) >= 11 is 0. The SMILES string of the molecule is C[C@]12CC[C@H]3[C@@H]([C@H]4C[C@H]4[C@]4(O)C[C@@H](O)CC[C@]34C)[C@@H]1[C@@H]1C[C@@H]1[C@@]21CC[C@H](O)O1. The molecule has 13 atom stereocenters. The minimum Gasteiger partial charge on any atom is -0.393 e. The largest absolute Gasteiger partial charge is 0.393 e. The van der Waals surface area contributed by atoms with Crippen LogP contribution in [0.15, 0.2) is 0 Å². The smallest absolute Gasteiger partial charge is 0.155 e. The van der Waals surface area contributed by atoms with E-state index in [9.17, 15) is 15.3 Å². The van der Waals surface area contributed by atoms with Crippen molar-refractivity contribution >= 4 is 0 Å². The quantitative estimate of drug-likeness (QED) is 0.596. The second kappa shape index (κ2) is 4.84. The summed E-state index contributed by atoms with van der Waals surface area (Å²) in [6.07, 6.45) is 8.25. The van der Waals surface area contributed by atoms with Crippen LogP contribution in [0.3, 0.4) is 0 Å². The predicted molar refractivity (Wildman–Crippen MR) is 103 cm³/mol. The highest BCUT2D eigenvalue weighted by molar-refractivity contribution is 5.30. The van der Waals surface area contributed by atoms with Crippen molar-refractivity contribution in [2.75, 3.05) is 0 Å². The zero-order valence-electron chi connectivity index (χ0n) is 17.3. The fourth-order valence-corrected chi connectivity index (χ4v) is 10.7. The Morgan fingerprint density at radius 2 is 1.57 bits per heavy atom. The number of aliphatic hydroxyl groups excluding tert-OH is 2. The van der Waals surface area contributed by atoms with Crippen molar-refractivity contribution in [3.8, 4) is 0 Å². The molecule has 7 aliphatic rings. The standard InChI is InChI=1S/C24H36O4/c1-21-6-3-12(25)11-23(21,27)16-9-13(16)19-15(21)4-7-22(2)20(19)14-10-17(14)24(22)8-5-18(26)28-24/h12-20,25-27H,3-11H2,1-2H3/t12-,13-,14+,15-,16+,17-,18+,19+,20-,21+,22-,23+,24-/m0/s1. The molecule has 28 heavy (non-hydrogen) atoms. The van der Waals surface area contributed by atoms with E-state index < -0.39 is 11.9 Å². The van der Waals surface area contributed by atoms with Gasteiger partial charge in [-0.05, 0) is 91.8 Å². The molecule has 4 heteroatoms. The lowest BCUT2D eigenvalue weighted by Crippen LogP contribution is -2.65. The first-order chi connectivity index (χ1) is 13.3. The van der Waals surface area contributed by atoms with Gasteiger partial charge >= 0.3 is 0 Å². The highest BCUT2D eigenvalue weighted by Gasteiger charge is 2.82. The van der Waals surface area contributed by atoms with Gasteiger partial charge in [0, 0.05) is 18.3 Å². The molecule has 1 aliphatic heterocycles. The first-order valence-electron chi connectivity index (χ1n) is 12.0. The Morgan fingerprint density at radius 3 is 2.32 bits per heavy atom. The average Bonchev–Trinajstić information content (AvgIpc) is 3.54. The van der Waals surface area contributed by atoms with E-state index in [0.29, 0.717) is 36.0 Å². The van der Waals surface area contributed by atoms with Crippen LogP contribution in [0.2, 0.25) is 0 Å². The van der Waals surface area contributed by atoms with Gasteiger partial charge < -0.3 is 20.1 Å². The maximum atomic E-state index is 11.9. The molecule has 4 nitrogen and oxygen atoms in total. The molecule has 3 N–H and O–H groups in total. The van der Waals surface area contributed by atoms with Gasteiger partial charge in [0.15, 0.2) is 6.29 Å². The summed E-state index contributed by atoms with van der Waals surface area (Å²) in [7, 11) is 0. The summed E-state index contributed by atoms with van der Waals surface area (Å²) in [4.78, 5) is 0. The Bertz CT molecular complexity index is 740. The molecular formula is C24H36O4. The maximum Gasteiger partial charge on any atom is 0.155 e. The van der Waals surface area contributed by atoms with Gasteiger partial charge in [-0.3, -0.25) is 0 Å². The molecule has 1 saturated heterocycles. The van der Waals surface area contributed by atoms with E-state index in [0.717, 1.165) is 37.5 Å². The van der Waals surface area contributed by atoms with E-state index in [1.165, 1.54) is 25.7 Å². The van der Waals surface area contributed by atoms with E-state index in [1.807, 2.05) is 0 Å². The van der Waals surface area contributed by atoms with E-state index in [1.54, 1.807) is 0 Å². The highest BCUT2D eigenvalue weighted by Crippen LogP contribution is 2.83. The third-order valence-electron chi connectivity index (χ3n) is 11.9. The second-order valence-electron chi connectivity index (χ2n) is 12.4. The normalized spacial score (nSPS) is 71.2. The van der Waals surface area contributed by atoms with Crippen molar-refractivity contribution in [1.82, 2.24) is 0 Å². The number of hydrogen-bond donors (Lipinski definition) is 3. The first-order valence-corrected chi connectivity index (χ1v) is 12.0. The van der Waals surface area contributed by atoms with Crippen molar-refractivity contribution in [2.45, 2.75) is 95.2 Å². The minimum absolute atomic E-state index is 0.0356. The van der Waals surface area contributed by atoms with Crippen LogP contribution in [-0.2, 0) is 4.74 Å². The molecule has 156 valence electrons. The van der Waals surface area contributed by atoms with Crippen molar-refractivity contribution < 1.29 is 20.1 Å². The fourth-order valence-electron chi connectivity index (χ4n) is 10.7. The summed E-state index contributed by atoms with van der Waals surface area (Å²) in [5, 5.41) is 32.5. The topological polar surface area (TPSA) is 69.9 Å². The maximum absolute atomic E-state index is 11.9. The van der Waals surface area contributed by atoms with Gasteiger partial charge in [0.05, 0.1) is 17.3 Å². The molecule has 0 bridgehead atoms. The van der Waals surface area contributed by atoms with Gasteiger partial charge in [0.25, 0.3) is 0 Å². The van der Waals surface area contributed by atoms with Crippen molar-refractivity contribution in [3.63, 3.8) is 0 Å². The van der Waals surface area contributed by atoms with E-state index >= 15 is 0 Å². The summed E-state index contributed by atoms with van der Waals surface area (Å²) in [6.45, 7) is 4.88. The van der Waals surface area contributed by atoms with Crippen LogP contribution in [0.4, 0.5) is 0 Å². The highest BCUT2D eigenvalue weighted by atomic mass is 16.6. The van der Waals surface area contributed by atoms with Crippen LogP contribution in [-0.4, -0.2) is 38.9 Å². The Kier molecular flexibility index (Phi) is 3.03. The van der Waals surface area contributed by atoms with Gasteiger partial charge in [0.1, 0.15) is 0 Å². The van der Waals surface area contributed by atoms with Crippen LogP contribution in [0.25, 0.3) is 0 Å². The fraction of sp³-hybridized carbons (Fsp3) is 1.00. The predicted octanol–water partition coefficient (Wildman–Crippen LogP) is 3.08. The second-order valence-corrected chi connectivity index (χ2v) is 12.4. The van der Waals surface area contributed by atoms with Gasteiger partial charge in [-0.2, -0.15) is 0 Å². The summed E-state index contributed by atoms with van der Waals surface area (Å²) in [5.74, 6) is 4.53. The Morgan fingerprint density at radius 1 is 0.821 bits per heavy atom. The number of ether oxygens (including phenoxy) is 1. The Labute approximate surface area is 168 Å². The van der Waals surface area contributed by atoms with Gasteiger partial charge in [-0.15, -0.1) is 0 Å². The molecule has 0 aromatic carbocycles. The van der Waals surface area contributed by atoms with Gasteiger partial charge in [-0.25, -0.2) is 0 Å². The molecule has 0 aromatic rings. The Balaban J connectivity index is 1.31. The first kappa shape index (κ1) is 17.5. The van der Waals surface area contributed by atoms with E-state index in [-0.39, 0.29) is 22.5 Å². The van der Waals surface area contributed by atoms with Crippen molar-refractivity contribution in [3.05, 3.63) is 0 Å². The molecule has 7 rings (SSSR count). The van der Waals surface area contributed by atoms with Gasteiger partial charge in [0.2, 0.25) is 0 Å². The lowest BCUT2D eigenvalue weighted by molar-refractivity contribution is -0.247. The molecule has 7 fully saturated rings. The summed E-state index contributed by atoms with van der Waals surface area (Å²) < 4.78 is 6.40. The van der Waals surface area contributed by atoms with Crippen LogP contribution in [0.5, 0.6) is 0 Å². The third-order valence-corrected chi connectivity index (χ3v) is 11.9. The molecule has 6 saturated carbocycles. The zero-order chi connectivity index (χ0) is 19.3. The number of fused-ring (bicyclic) bond motifs is 12. The van der Waals surface area contributed by atoms with E-state index in [2.05, 4.69) is 13.8 Å². The lowest BCUT2D eigenvalue weighted by Gasteiger charge is -2.65. The molecule has 1 spiro atoms.